The SMILES string of the molecule is COc1ccc(CC(=O)Nc2ccc(Nc3ccccc3C)cc2)cc1OC. The Morgan fingerprint density at radius 1 is 0.857 bits per heavy atom. The maximum Gasteiger partial charge on any atom is 0.228 e. The summed E-state index contributed by atoms with van der Waals surface area (Å²) < 4.78 is 10.5. The number of para-hydroxylation sites is 1. The first kappa shape index (κ1) is 19.3. The molecule has 0 saturated heterocycles. The Bertz CT molecular complexity index is 952. The van der Waals surface area contributed by atoms with Crippen LogP contribution in [0.4, 0.5) is 17.1 Å². The van der Waals surface area contributed by atoms with Gasteiger partial charge in [0.15, 0.2) is 11.5 Å². The maximum absolute atomic E-state index is 12.4. The van der Waals surface area contributed by atoms with Gasteiger partial charge in [0, 0.05) is 17.1 Å². The summed E-state index contributed by atoms with van der Waals surface area (Å²) in [5, 5.41) is 6.30. The van der Waals surface area contributed by atoms with Crippen LogP contribution in [0.1, 0.15) is 11.1 Å². The lowest BCUT2D eigenvalue weighted by Gasteiger charge is -2.11. The van der Waals surface area contributed by atoms with E-state index >= 15 is 0 Å². The van der Waals surface area contributed by atoms with E-state index < -0.39 is 0 Å². The fourth-order valence-electron chi connectivity index (χ4n) is 2.89. The summed E-state index contributed by atoms with van der Waals surface area (Å²) in [5.74, 6) is 1.16. The zero-order valence-corrected chi connectivity index (χ0v) is 16.3. The minimum absolute atomic E-state index is 0.0909. The number of methoxy groups -OCH3 is 2. The molecule has 0 atom stereocenters. The minimum atomic E-state index is -0.0909. The predicted molar refractivity (Wildman–Crippen MR) is 113 cm³/mol. The predicted octanol–water partition coefficient (Wildman–Crippen LogP) is 4.94. The highest BCUT2D eigenvalue weighted by Gasteiger charge is 2.09. The molecule has 0 unspecified atom stereocenters. The normalized spacial score (nSPS) is 10.2. The number of carbonyl (C=O) groups excluding carboxylic acids is 1. The standard InChI is InChI=1S/C23H24N2O3/c1-16-6-4-5-7-20(16)24-18-9-11-19(12-10-18)25-23(26)15-17-8-13-21(27-2)22(14-17)28-3/h4-14,24H,15H2,1-3H3,(H,25,26). The molecule has 3 rings (SSSR count). The van der Waals surface area contributed by atoms with Gasteiger partial charge in [-0.25, -0.2) is 0 Å². The van der Waals surface area contributed by atoms with Crippen molar-refractivity contribution in [2.75, 3.05) is 24.9 Å². The van der Waals surface area contributed by atoms with E-state index in [9.17, 15) is 4.79 Å². The van der Waals surface area contributed by atoms with Gasteiger partial charge < -0.3 is 20.1 Å². The molecule has 0 fully saturated rings. The molecule has 0 aliphatic carbocycles. The quantitative estimate of drug-likeness (QED) is 0.613. The van der Waals surface area contributed by atoms with Gasteiger partial charge in [-0.2, -0.15) is 0 Å². The van der Waals surface area contributed by atoms with Crippen molar-refractivity contribution in [3.05, 3.63) is 77.9 Å². The van der Waals surface area contributed by atoms with E-state index in [1.54, 1.807) is 20.3 Å². The molecule has 0 radical (unpaired) electrons. The van der Waals surface area contributed by atoms with Crippen LogP contribution < -0.4 is 20.1 Å². The topological polar surface area (TPSA) is 59.6 Å². The van der Waals surface area contributed by atoms with Crippen LogP contribution in [0.3, 0.4) is 0 Å². The highest BCUT2D eigenvalue weighted by atomic mass is 16.5. The van der Waals surface area contributed by atoms with Crippen LogP contribution in [0, 0.1) is 6.92 Å². The number of hydrogen-bond donors (Lipinski definition) is 2. The fraction of sp³-hybridized carbons (Fsp3) is 0.174. The van der Waals surface area contributed by atoms with Gasteiger partial charge in [-0.15, -0.1) is 0 Å². The molecular formula is C23H24N2O3. The molecule has 0 saturated carbocycles. The largest absolute Gasteiger partial charge is 0.493 e. The van der Waals surface area contributed by atoms with Crippen LogP contribution in [0.5, 0.6) is 11.5 Å². The number of rotatable bonds is 7. The van der Waals surface area contributed by atoms with Gasteiger partial charge in [-0.05, 0) is 60.5 Å². The molecule has 5 nitrogen and oxygen atoms in total. The second kappa shape index (κ2) is 8.95. The number of aryl methyl sites for hydroxylation is 1. The molecule has 0 bridgehead atoms. The van der Waals surface area contributed by atoms with Gasteiger partial charge in [0.1, 0.15) is 0 Å². The van der Waals surface area contributed by atoms with Crippen molar-refractivity contribution >= 4 is 23.0 Å². The van der Waals surface area contributed by atoms with Gasteiger partial charge in [-0.3, -0.25) is 4.79 Å². The summed E-state index contributed by atoms with van der Waals surface area (Å²) in [4.78, 5) is 12.4. The third kappa shape index (κ3) is 4.82. The Morgan fingerprint density at radius 2 is 1.54 bits per heavy atom. The highest BCUT2D eigenvalue weighted by molar-refractivity contribution is 5.92. The second-order valence-corrected chi connectivity index (χ2v) is 6.43. The molecule has 28 heavy (non-hydrogen) atoms. The van der Waals surface area contributed by atoms with Crippen LogP contribution in [0.15, 0.2) is 66.7 Å². The Kier molecular flexibility index (Phi) is 6.17. The molecule has 2 N–H and O–H groups in total. The van der Waals surface area contributed by atoms with Crippen molar-refractivity contribution in [3.63, 3.8) is 0 Å². The summed E-state index contributed by atoms with van der Waals surface area (Å²) >= 11 is 0. The molecule has 1 amide bonds. The first-order valence-corrected chi connectivity index (χ1v) is 9.02. The lowest BCUT2D eigenvalue weighted by Crippen LogP contribution is -2.14. The summed E-state index contributed by atoms with van der Waals surface area (Å²) in [6, 6.07) is 21.2. The minimum Gasteiger partial charge on any atom is -0.493 e. The zero-order valence-electron chi connectivity index (χ0n) is 16.3. The third-order valence-electron chi connectivity index (χ3n) is 4.41. The molecule has 0 aliphatic heterocycles. The summed E-state index contributed by atoms with van der Waals surface area (Å²) in [6.07, 6.45) is 0.254. The molecule has 0 aromatic heterocycles. The second-order valence-electron chi connectivity index (χ2n) is 6.43. The Morgan fingerprint density at radius 3 is 2.21 bits per heavy atom. The van der Waals surface area contributed by atoms with E-state index in [0.717, 1.165) is 22.6 Å². The molecule has 3 aromatic rings. The summed E-state index contributed by atoms with van der Waals surface area (Å²) in [5.41, 5.74) is 4.81. The molecule has 0 heterocycles. The lowest BCUT2D eigenvalue weighted by atomic mass is 10.1. The van der Waals surface area contributed by atoms with Crippen LogP contribution >= 0.6 is 0 Å². The van der Waals surface area contributed by atoms with Crippen LogP contribution in [0.2, 0.25) is 0 Å². The number of amides is 1. The maximum atomic E-state index is 12.4. The Hall–Kier alpha value is -3.47. The number of carbonyl (C=O) groups is 1. The fourth-order valence-corrected chi connectivity index (χ4v) is 2.89. The number of ether oxygens (including phenoxy) is 2. The molecule has 0 spiro atoms. The first-order valence-electron chi connectivity index (χ1n) is 9.02. The van der Waals surface area contributed by atoms with Crippen molar-refractivity contribution in [1.29, 1.82) is 0 Å². The number of anilines is 3. The van der Waals surface area contributed by atoms with Crippen molar-refractivity contribution in [2.24, 2.45) is 0 Å². The number of hydrogen-bond acceptors (Lipinski definition) is 4. The van der Waals surface area contributed by atoms with Crippen molar-refractivity contribution in [3.8, 4) is 11.5 Å². The van der Waals surface area contributed by atoms with Crippen molar-refractivity contribution < 1.29 is 14.3 Å². The van der Waals surface area contributed by atoms with Gasteiger partial charge in [-0.1, -0.05) is 24.3 Å². The van der Waals surface area contributed by atoms with Crippen LogP contribution in [-0.2, 0) is 11.2 Å². The highest BCUT2D eigenvalue weighted by Crippen LogP contribution is 2.28. The smallest absolute Gasteiger partial charge is 0.228 e. The van der Waals surface area contributed by atoms with Gasteiger partial charge in [0.25, 0.3) is 0 Å². The van der Waals surface area contributed by atoms with Gasteiger partial charge in [0.05, 0.1) is 20.6 Å². The molecule has 0 aliphatic rings. The van der Waals surface area contributed by atoms with Crippen molar-refractivity contribution in [2.45, 2.75) is 13.3 Å². The lowest BCUT2D eigenvalue weighted by molar-refractivity contribution is -0.115. The van der Waals surface area contributed by atoms with Gasteiger partial charge in [0.2, 0.25) is 5.91 Å². The van der Waals surface area contributed by atoms with E-state index in [0.29, 0.717) is 11.5 Å². The van der Waals surface area contributed by atoms with E-state index in [1.165, 1.54) is 5.56 Å². The first-order chi connectivity index (χ1) is 13.6. The molecule has 144 valence electrons. The third-order valence-corrected chi connectivity index (χ3v) is 4.41. The van der Waals surface area contributed by atoms with Crippen molar-refractivity contribution in [1.82, 2.24) is 0 Å². The average molecular weight is 376 g/mol. The molecule has 5 heteroatoms. The molecule has 3 aromatic carbocycles. The summed E-state index contributed by atoms with van der Waals surface area (Å²) in [7, 11) is 3.16. The zero-order chi connectivity index (χ0) is 19.9. The van der Waals surface area contributed by atoms with Gasteiger partial charge >= 0.3 is 0 Å². The Labute approximate surface area is 165 Å². The number of nitrogens with one attached hydrogen (secondary N) is 2. The van der Waals surface area contributed by atoms with E-state index in [-0.39, 0.29) is 12.3 Å². The van der Waals surface area contributed by atoms with E-state index in [2.05, 4.69) is 23.6 Å². The Balaban J connectivity index is 1.61. The number of benzene rings is 3. The van der Waals surface area contributed by atoms with E-state index in [1.807, 2.05) is 54.6 Å². The average Bonchev–Trinajstić information content (AvgIpc) is 2.71. The molecular weight excluding hydrogens is 352 g/mol. The van der Waals surface area contributed by atoms with Crippen LogP contribution in [0.25, 0.3) is 0 Å². The summed E-state index contributed by atoms with van der Waals surface area (Å²) in [6.45, 7) is 2.06. The van der Waals surface area contributed by atoms with Crippen LogP contribution in [-0.4, -0.2) is 20.1 Å². The van der Waals surface area contributed by atoms with E-state index in [4.69, 9.17) is 9.47 Å². The monoisotopic (exact) mass is 376 g/mol.